The summed E-state index contributed by atoms with van der Waals surface area (Å²) in [6, 6.07) is 0. The van der Waals surface area contributed by atoms with Gasteiger partial charge in [-0.3, -0.25) is 9.59 Å². The quantitative estimate of drug-likeness (QED) is 0.683. The standard InChI is InChI=1S/C13H20N4O2/c1-13(2)9-6-14-5-8(9)7-17(13)12(19)10-3-4-11(18)16-15-10/h8-9,14H,3-7H2,1-2H3,(H,16,18). The molecule has 3 heterocycles. The molecule has 0 saturated carbocycles. The number of rotatable bonds is 1. The number of hydrogen-bond donors (Lipinski definition) is 2. The molecular weight excluding hydrogens is 244 g/mol. The van der Waals surface area contributed by atoms with Crippen molar-refractivity contribution >= 4 is 17.5 Å². The minimum absolute atomic E-state index is 0.0144. The largest absolute Gasteiger partial charge is 0.332 e. The van der Waals surface area contributed by atoms with E-state index < -0.39 is 0 Å². The summed E-state index contributed by atoms with van der Waals surface area (Å²) in [7, 11) is 0. The molecule has 2 amide bonds. The van der Waals surface area contributed by atoms with Gasteiger partial charge >= 0.3 is 0 Å². The van der Waals surface area contributed by atoms with E-state index in [0.29, 0.717) is 30.4 Å². The van der Waals surface area contributed by atoms with Crippen molar-refractivity contribution in [2.24, 2.45) is 16.9 Å². The van der Waals surface area contributed by atoms with Crippen molar-refractivity contribution < 1.29 is 9.59 Å². The lowest BCUT2D eigenvalue weighted by Crippen LogP contribution is -2.50. The molecule has 0 radical (unpaired) electrons. The third-order valence-electron chi connectivity index (χ3n) is 4.76. The third kappa shape index (κ3) is 1.94. The Morgan fingerprint density at radius 3 is 2.79 bits per heavy atom. The smallest absolute Gasteiger partial charge is 0.270 e. The van der Waals surface area contributed by atoms with Gasteiger partial charge in [-0.25, -0.2) is 5.43 Å². The van der Waals surface area contributed by atoms with Crippen LogP contribution in [0, 0.1) is 11.8 Å². The van der Waals surface area contributed by atoms with E-state index in [-0.39, 0.29) is 17.4 Å². The number of carbonyl (C=O) groups excluding carboxylic acids is 2. The summed E-state index contributed by atoms with van der Waals surface area (Å²) < 4.78 is 0. The van der Waals surface area contributed by atoms with Crippen molar-refractivity contribution in [3.63, 3.8) is 0 Å². The molecule has 6 nitrogen and oxygen atoms in total. The van der Waals surface area contributed by atoms with Crippen LogP contribution in [0.15, 0.2) is 5.10 Å². The molecule has 0 bridgehead atoms. The molecule has 3 aliphatic heterocycles. The topological polar surface area (TPSA) is 73.8 Å². The summed E-state index contributed by atoms with van der Waals surface area (Å²) in [5, 5.41) is 7.32. The summed E-state index contributed by atoms with van der Waals surface area (Å²) in [5.74, 6) is 0.922. The summed E-state index contributed by atoms with van der Waals surface area (Å²) in [5.41, 5.74) is 2.75. The first-order valence-corrected chi connectivity index (χ1v) is 6.88. The molecule has 19 heavy (non-hydrogen) atoms. The third-order valence-corrected chi connectivity index (χ3v) is 4.76. The van der Waals surface area contributed by atoms with Gasteiger partial charge in [-0.1, -0.05) is 0 Å². The maximum atomic E-state index is 12.6. The molecule has 104 valence electrons. The molecule has 0 aromatic heterocycles. The Morgan fingerprint density at radius 1 is 1.37 bits per heavy atom. The molecule has 3 aliphatic rings. The first-order valence-electron chi connectivity index (χ1n) is 6.88. The second-order valence-corrected chi connectivity index (χ2v) is 6.19. The van der Waals surface area contributed by atoms with Gasteiger partial charge in [0, 0.05) is 38.0 Å². The zero-order valence-electron chi connectivity index (χ0n) is 11.4. The van der Waals surface area contributed by atoms with Gasteiger partial charge in [0.25, 0.3) is 5.91 Å². The van der Waals surface area contributed by atoms with Gasteiger partial charge in [-0.15, -0.1) is 0 Å². The number of likely N-dealkylation sites (tertiary alicyclic amines) is 1. The fraction of sp³-hybridized carbons (Fsp3) is 0.769. The van der Waals surface area contributed by atoms with Gasteiger partial charge in [0.15, 0.2) is 0 Å². The maximum absolute atomic E-state index is 12.6. The van der Waals surface area contributed by atoms with Gasteiger partial charge in [0.05, 0.1) is 0 Å². The monoisotopic (exact) mass is 264 g/mol. The number of nitrogens with one attached hydrogen (secondary N) is 2. The average Bonchev–Trinajstić information content (AvgIpc) is 2.92. The number of hydrogen-bond acceptors (Lipinski definition) is 4. The fourth-order valence-electron chi connectivity index (χ4n) is 3.55. The lowest BCUT2D eigenvalue weighted by molar-refractivity contribution is -0.128. The van der Waals surface area contributed by atoms with E-state index in [1.54, 1.807) is 0 Å². The Labute approximate surface area is 112 Å². The molecule has 2 N–H and O–H groups in total. The van der Waals surface area contributed by atoms with Crippen LogP contribution in [0.2, 0.25) is 0 Å². The van der Waals surface area contributed by atoms with Crippen LogP contribution in [0.4, 0.5) is 0 Å². The highest BCUT2D eigenvalue weighted by molar-refractivity contribution is 6.39. The minimum Gasteiger partial charge on any atom is -0.332 e. The SMILES string of the molecule is CC1(C)C2CNCC2CN1C(=O)C1=NNC(=O)CC1. The highest BCUT2D eigenvalue weighted by atomic mass is 16.2. The first-order chi connectivity index (χ1) is 9.00. The lowest BCUT2D eigenvalue weighted by Gasteiger charge is -2.36. The van der Waals surface area contributed by atoms with Gasteiger partial charge in [-0.05, 0) is 25.7 Å². The summed E-state index contributed by atoms with van der Waals surface area (Å²) >= 11 is 0. The molecule has 2 unspecified atom stereocenters. The Kier molecular flexibility index (Phi) is 2.85. The first kappa shape index (κ1) is 12.6. The molecule has 0 spiro atoms. The minimum atomic E-state index is -0.144. The molecular formula is C13H20N4O2. The summed E-state index contributed by atoms with van der Waals surface area (Å²) in [4.78, 5) is 25.6. The zero-order chi connectivity index (χ0) is 13.6. The molecule has 2 atom stereocenters. The van der Waals surface area contributed by atoms with E-state index in [2.05, 4.69) is 29.7 Å². The molecule has 3 rings (SSSR count). The second-order valence-electron chi connectivity index (χ2n) is 6.19. The van der Waals surface area contributed by atoms with Gasteiger partial charge < -0.3 is 10.2 Å². The van der Waals surface area contributed by atoms with Crippen LogP contribution in [-0.2, 0) is 9.59 Å². The van der Waals surface area contributed by atoms with Crippen molar-refractivity contribution in [1.82, 2.24) is 15.6 Å². The second kappa shape index (κ2) is 4.30. The number of nitrogens with zero attached hydrogens (tertiary/aromatic N) is 2. The van der Waals surface area contributed by atoms with E-state index in [4.69, 9.17) is 0 Å². The maximum Gasteiger partial charge on any atom is 0.270 e. The Morgan fingerprint density at radius 2 is 2.16 bits per heavy atom. The van der Waals surface area contributed by atoms with E-state index in [1.165, 1.54) is 0 Å². The number of amides is 2. The van der Waals surface area contributed by atoms with Crippen molar-refractivity contribution in [1.29, 1.82) is 0 Å². The van der Waals surface area contributed by atoms with Crippen LogP contribution in [-0.4, -0.2) is 47.6 Å². The zero-order valence-corrected chi connectivity index (χ0v) is 11.4. The lowest BCUT2D eigenvalue weighted by atomic mass is 9.84. The van der Waals surface area contributed by atoms with Crippen LogP contribution < -0.4 is 10.7 Å². The van der Waals surface area contributed by atoms with E-state index in [0.717, 1.165) is 19.6 Å². The van der Waals surface area contributed by atoms with E-state index in [9.17, 15) is 9.59 Å². The predicted octanol–water partition coefficient (Wildman–Crippen LogP) is -0.291. The Bertz CT molecular complexity index is 458. The molecule has 2 fully saturated rings. The van der Waals surface area contributed by atoms with Crippen LogP contribution in [0.5, 0.6) is 0 Å². The molecule has 2 saturated heterocycles. The molecule has 0 aliphatic carbocycles. The normalized spacial score (nSPS) is 32.8. The van der Waals surface area contributed by atoms with Crippen LogP contribution >= 0.6 is 0 Å². The van der Waals surface area contributed by atoms with E-state index in [1.807, 2.05) is 4.90 Å². The molecule has 6 heteroatoms. The van der Waals surface area contributed by atoms with E-state index >= 15 is 0 Å². The fourth-order valence-corrected chi connectivity index (χ4v) is 3.55. The van der Waals surface area contributed by atoms with Crippen LogP contribution in [0.3, 0.4) is 0 Å². The Balaban J connectivity index is 1.79. The number of fused-ring (bicyclic) bond motifs is 1. The van der Waals surface area contributed by atoms with Crippen molar-refractivity contribution in [3.05, 3.63) is 0 Å². The van der Waals surface area contributed by atoms with Gasteiger partial charge in [0.1, 0.15) is 5.71 Å². The Hall–Kier alpha value is -1.43. The number of carbonyl (C=O) groups is 2. The molecule has 0 aromatic rings. The summed E-state index contributed by atoms with van der Waals surface area (Å²) in [6.07, 6.45) is 0.804. The highest BCUT2D eigenvalue weighted by Crippen LogP contribution is 2.40. The summed E-state index contributed by atoms with van der Waals surface area (Å²) in [6.45, 7) is 7.01. The van der Waals surface area contributed by atoms with Crippen LogP contribution in [0.25, 0.3) is 0 Å². The highest BCUT2D eigenvalue weighted by Gasteiger charge is 2.51. The van der Waals surface area contributed by atoms with Gasteiger partial charge in [0.2, 0.25) is 5.91 Å². The van der Waals surface area contributed by atoms with Crippen molar-refractivity contribution in [2.75, 3.05) is 19.6 Å². The van der Waals surface area contributed by atoms with Crippen LogP contribution in [0.1, 0.15) is 26.7 Å². The van der Waals surface area contributed by atoms with Crippen molar-refractivity contribution in [2.45, 2.75) is 32.2 Å². The molecule has 0 aromatic carbocycles. The van der Waals surface area contributed by atoms with Gasteiger partial charge in [-0.2, -0.15) is 5.10 Å². The van der Waals surface area contributed by atoms with Crippen molar-refractivity contribution in [3.8, 4) is 0 Å². The number of hydrazone groups is 1. The predicted molar refractivity (Wildman–Crippen MR) is 70.5 cm³/mol. The average molecular weight is 264 g/mol.